The number of rotatable bonds is 5. The zero-order chi connectivity index (χ0) is 14.8. The van der Waals surface area contributed by atoms with Crippen LogP contribution in [0.25, 0.3) is 0 Å². The van der Waals surface area contributed by atoms with Gasteiger partial charge in [0.25, 0.3) is 0 Å². The predicted octanol–water partition coefficient (Wildman–Crippen LogP) is -0.111. The topological polar surface area (TPSA) is 78.5 Å². The number of aliphatic carboxylic acids is 1. The molecule has 2 aliphatic rings. The van der Waals surface area contributed by atoms with E-state index < -0.39 is 17.8 Å². The summed E-state index contributed by atoms with van der Waals surface area (Å²) in [5.41, 5.74) is 1.14. The van der Waals surface area contributed by atoms with Crippen molar-refractivity contribution in [3.05, 3.63) is 35.9 Å². The minimum absolute atomic E-state index is 0.229. The molecule has 0 aromatic heterocycles. The third-order valence-corrected chi connectivity index (χ3v) is 4.40. The lowest BCUT2D eigenvalue weighted by molar-refractivity contribution is -0.314. The smallest absolute Gasteiger partial charge is 0.226 e. The summed E-state index contributed by atoms with van der Waals surface area (Å²) < 4.78 is 5.56. The molecule has 4 atom stereocenters. The first-order chi connectivity index (χ1) is 10.2. The van der Waals surface area contributed by atoms with Crippen LogP contribution in [0.5, 0.6) is 0 Å². The largest absolute Gasteiger partial charge is 0.550 e. The Morgan fingerprint density at radius 2 is 1.81 bits per heavy atom. The first-order valence-corrected chi connectivity index (χ1v) is 7.35. The van der Waals surface area contributed by atoms with E-state index in [2.05, 4.69) is 5.32 Å². The summed E-state index contributed by atoms with van der Waals surface area (Å²) in [6.45, 7) is 0.497. The number of ether oxygens (including phenoxy) is 1. The van der Waals surface area contributed by atoms with Crippen molar-refractivity contribution in [1.82, 2.24) is 5.32 Å². The number of amides is 1. The minimum Gasteiger partial charge on any atom is -0.550 e. The Balaban J connectivity index is 1.56. The van der Waals surface area contributed by atoms with Crippen LogP contribution in [0, 0.1) is 11.8 Å². The normalized spacial score (nSPS) is 30.3. The Bertz CT molecular complexity index is 530. The molecule has 0 aliphatic carbocycles. The van der Waals surface area contributed by atoms with Crippen LogP contribution in [0.4, 0.5) is 0 Å². The highest BCUT2D eigenvalue weighted by Crippen LogP contribution is 2.43. The zero-order valence-electron chi connectivity index (χ0n) is 11.7. The third kappa shape index (κ3) is 2.78. The highest BCUT2D eigenvalue weighted by molar-refractivity contribution is 5.86. The first-order valence-electron chi connectivity index (χ1n) is 7.35. The number of nitrogens with one attached hydrogen (secondary N) is 1. The Morgan fingerprint density at radius 3 is 2.48 bits per heavy atom. The number of carboxylic acid groups (broad SMARTS) is 1. The minimum atomic E-state index is -1.18. The van der Waals surface area contributed by atoms with Crippen molar-refractivity contribution in [2.45, 2.75) is 31.5 Å². The van der Waals surface area contributed by atoms with E-state index in [0.29, 0.717) is 13.0 Å². The van der Waals surface area contributed by atoms with Crippen molar-refractivity contribution >= 4 is 11.9 Å². The molecule has 1 amide bonds. The van der Waals surface area contributed by atoms with Crippen LogP contribution >= 0.6 is 0 Å². The van der Waals surface area contributed by atoms with Gasteiger partial charge in [-0.2, -0.15) is 0 Å². The van der Waals surface area contributed by atoms with Gasteiger partial charge in [-0.25, -0.2) is 0 Å². The number of carbonyl (C=O) groups is 2. The second-order valence-electron chi connectivity index (χ2n) is 5.69. The maximum absolute atomic E-state index is 12.3. The predicted molar refractivity (Wildman–Crippen MR) is 73.0 cm³/mol. The van der Waals surface area contributed by atoms with Gasteiger partial charge in [0, 0.05) is 18.4 Å². The van der Waals surface area contributed by atoms with Crippen molar-refractivity contribution in [1.29, 1.82) is 0 Å². The molecule has 2 heterocycles. The number of hydrogen-bond acceptors (Lipinski definition) is 4. The van der Waals surface area contributed by atoms with E-state index in [4.69, 9.17) is 4.74 Å². The SMILES string of the molecule is O=C([O-])[C@@H]1[C@H](C(=O)NCCc2ccccc2)[C@@H]2CC[C@H]1O2. The number of hydrogen-bond donors (Lipinski definition) is 1. The second kappa shape index (κ2) is 5.85. The monoisotopic (exact) mass is 288 g/mol. The van der Waals surface area contributed by atoms with Gasteiger partial charge in [0.1, 0.15) is 0 Å². The van der Waals surface area contributed by atoms with Crippen LogP contribution in [0.1, 0.15) is 18.4 Å². The van der Waals surface area contributed by atoms with Gasteiger partial charge in [-0.05, 0) is 24.8 Å². The number of carboxylic acids is 1. The fourth-order valence-electron chi connectivity index (χ4n) is 3.40. The number of carbonyl (C=O) groups excluding carboxylic acids is 2. The van der Waals surface area contributed by atoms with E-state index in [1.165, 1.54) is 0 Å². The molecular formula is C16H18NO4-. The van der Waals surface area contributed by atoms with Gasteiger partial charge in [0.15, 0.2) is 0 Å². The summed E-state index contributed by atoms with van der Waals surface area (Å²) >= 11 is 0. The molecule has 1 aromatic carbocycles. The molecule has 2 aliphatic heterocycles. The molecule has 0 spiro atoms. The average molecular weight is 288 g/mol. The summed E-state index contributed by atoms with van der Waals surface area (Å²) in [4.78, 5) is 23.5. The lowest BCUT2D eigenvalue weighted by atomic mass is 9.78. The molecule has 0 radical (unpaired) electrons. The lowest BCUT2D eigenvalue weighted by Gasteiger charge is -2.27. The van der Waals surface area contributed by atoms with E-state index in [0.717, 1.165) is 18.4 Å². The molecule has 0 unspecified atom stereocenters. The maximum atomic E-state index is 12.3. The molecule has 2 saturated heterocycles. The molecule has 0 saturated carbocycles. The van der Waals surface area contributed by atoms with Gasteiger partial charge >= 0.3 is 0 Å². The van der Waals surface area contributed by atoms with E-state index in [1.54, 1.807) is 0 Å². The summed E-state index contributed by atoms with van der Waals surface area (Å²) in [6, 6.07) is 9.84. The molecule has 1 N–H and O–H groups in total. The molecule has 2 fully saturated rings. The van der Waals surface area contributed by atoms with Crippen molar-refractivity contribution < 1.29 is 19.4 Å². The zero-order valence-corrected chi connectivity index (χ0v) is 11.7. The third-order valence-electron chi connectivity index (χ3n) is 4.40. The maximum Gasteiger partial charge on any atom is 0.226 e. The molecule has 112 valence electrons. The van der Waals surface area contributed by atoms with Crippen LogP contribution in [0.15, 0.2) is 30.3 Å². The Hall–Kier alpha value is -1.88. The van der Waals surface area contributed by atoms with Gasteiger partial charge < -0.3 is 20.0 Å². The summed E-state index contributed by atoms with van der Waals surface area (Å²) in [5.74, 6) is -2.82. The van der Waals surface area contributed by atoms with E-state index in [1.807, 2.05) is 30.3 Å². The van der Waals surface area contributed by atoms with Crippen molar-refractivity contribution in [2.24, 2.45) is 11.8 Å². The van der Waals surface area contributed by atoms with Crippen molar-refractivity contribution in [3.8, 4) is 0 Å². The summed E-state index contributed by atoms with van der Waals surface area (Å²) in [7, 11) is 0. The summed E-state index contributed by atoms with van der Waals surface area (Å²) in [5, 5.41) is 14.1. The van der Waals surface area contributed by atoms with E-state index in [-0.39, 0.29) is 18.1 Å². The van der Waals surface area contributed by atoms with Gasteiger partial charge in [0.2, 0.25) is 5.91 Å². The highest BCUT2D eigenvalue weighted by Gasteiger charge is 2.52. The van der Waals surface area contributed by atoms with Crippen LogP contribution in [-0.4, -0.2) is 30.6 Å². The quantitative estimate of drug-likeness (QED) is 0.820. The molecule has 21 heavy (non-hydrogen) atoms. The lowest BCUT2D eigenvalue weighted by Crippen LogP contribution is -2.48. The molecule has 5 nitrogen and oxygen atoms in total. The van der Waals surface area contributed by atoms with E-state index in [9.17, 15) is 14.7 Å². The van der Waals surface area contributed by atoms with Crippen LogP contribution in [0.3, 0.4) is 0 Å². The van der Waals surface area contributed by atoms with E-state index >= 15 is 0 Å². The van der Waals surface area contributed by atoms with Crippen LogP contribution < -0.4 is 10.4 Å². The fourth-order valence-corrected chi connectivity index (χ4v) is 3.40. The summed E-state index contributed by atoms with van der Waals surface area (Å²) in [6.07, 6.45) is 1.56. The Labute approximate surface area is 123 Å². The van der Waals surface area contributed by atoms with Crippen molar-refractivity contribution in [3.63, 3.8) is 0 Å². The Morgan fingerprint density at radius 1 is 1.14 bits per heavy atom. The van der Waals surface area contributed by atoms with Gasteiger partial charge in [0.05, 0.1) is 18.1 Å². The average Bonchev–Trinajstić information content (AvgIpc) is 3.08. The van der Waals surface area contributed by atoms with Gasteiger partial charge in [-0.3, -0.25) is 4.79 Å². The molecule has 1 aromatic rings. The van der Waals surface area contributed by atoms with Crippen LogP contribution in [0.2, 0.25) is 0 Å². The Kier molecular flexibility index (Phi) is 3.92. The first kappa shape index (κ1) is 14.1. The van der Waals surface area contributed by atoms with Gasteiger partial charge in [-0.1, -0.05) is 30.3 Å². The van der Waals surface area contributed by atoms with Gasteiger partial charge in [-0.15, -0.1) is 0 Å². The molecular weight excluding hydrogens is 270 g/mol. The van der Waals surface area contributed by atoms with Crippen molar-refractivity contribution in [2.75, 3.05) is 6.54 Å². The number of fused-ring (bicyclic) bond motifs is 2. The standard InChI is InChI=1S/C16H19NO4/c18-15(17-9-8-10-4-2-1-3-5-10)13-11-6-7-12(21-11)14(13)16(19)20/h1-5,11-14H,6-9H2,(H,17,18)(H,19,20)/p-1/t11-,12+,13+,14-/m0/s1. The number of benzene rings is 1. The molecule has 5 heteroatoms. The highest BCUT2D eigenvalue weighted by atomic mass is 16.5. The van der Waals surface area contributed by atoms with Crippen LogP contribution in [-0.2, 0) is 20.7 Å². The molecule has 3 rings (SSSR count). The fraction of sp³-hybridized carbons (Fsp3) is 0.500. The second-order valence-corrected chi connectivity index (χ2v) is 5.69. The molecule has 2 bridgehead atoms.